The monoisotopic (exact) mass is 346 g/mol. The van der Waals surface area contributed by atoms with Gasteiger partial charge in [0.25, 0.3) is 0 Å². The summed E-state index contributed by atoms with van der Waals surface area (Å²) in [5.74, 6) is 0.629. The van der Waals surface area contributed by atoms with Crippen LogP contribution in [0.2, 0.25) is 0 Å². The largest absolute Gasteiger partial charge is 0.444 e. The highest BCUT2D eigenvalue weighted by molar-refractivity contribution is 5.67. The fourth-order valence-corrected chi connectivity index (χ4v) is 3.41. The van der Waals surface area contributed by atoms with Crippen molar-refractivity contribution in [1.82, 2.24) is 10.6 Å². The molecule has 0 radical (unpaired) electrons. The molecule has 4 heteroatoms. The Labute approximate surface area is 152 Å². The van der Waals surface area contributed by atoms with Crippen LogP contribution in [0.3, 0.4) is 0 Å². The maximum absolute atomic E-state index is 12.0. The van der Waals surface area contributed by atoms with Gasteiger partial charge in [0.1, 0.15) is 5.60 Å². The van der Waals surface area contributed by atoms with Crippen LogP contribution < -0.4 is 10.6 Å². The van der Waals surface area contributed by atoms with Crippen LogP contribution in [0.15, 0.2) is 24.3 Å². The normalized spacial score (nSPS) is 16.6. The van der Waals surface area contributed by atoms with Gasteiger partial charge in [0.2, 0.25) is 0 Å². The van der Waals surface area contributed by atoms with Crippen molar-refractivity contribution in [2.75, 3.05) is 6.54 Å². The summed E-state index contributed by atoms with van der Waals surface area (Å²) in [6, 6.07) is 9.07. The lowest BCUT2D eigenvalue weighted by molar-refractivity contribution is 0.0518. The summed E-state index contributed by atoms with van der Waals surface area (Å²) in [6.45, 7) is 9.29. The summed E-state index contributed by atoms with van der Waals surface area (Å²) >= 11 is 0. The number of alkyl carbamates (subject to hydrolysis) is 1. The van der Waals surface area contributed by atoms with Gasteiger partial charge >= 0.3 is 6.09 Å². The average Bonchev–Trinajstić information content (AvgIpc) is 3.08. The molecule has 1 unspecified atom stereocenters. The molecule has 0 bridgehead atoms. The van der Waals surface area contributed by atoms with E-state index < -0.39 is 5.60 Å². The number of nitrogens with one attached hydrogen (secondary N) is 2. The van der Waals surface area contributed by atoms with E-state index >= 15 is 0 Å². The number of hydrogen-bond acceptors (Lipinski definition) is 3. The molecular formula is C21H34N2O2. The summed E-state index contributed by atoms with van der Waals surface area (Å²) in [7, 11) is 0. The third kappa shape index (κ3) is 7.07. The van der Waals surface area contributed by atoms with Crippen LogP contribution in [0.5, 0.6) is 0 Å². The summed E-state index contributed by atoms with van der Waals surface area (Å²) < 4.78 is 5.36. The first kappa shape index (κ1) is 19.8. The molecule has 2 rings (SSSR count). The Balaban J connectivity index is 1.87. The lowest BCUT2D eigenvalue weighted by Gasteiger charge is -2.26. The second-order valence-corrected chi connectivity index (χ2v) is 8.08. The van der Waals surface area contributed by atoms with Crippen LogP contribution in [0, 0.1) is 5.92 Å². The molecule has 1 amide bonds. The molecule has 1 aliphatic carbocycles. The molecule has 4 nitrogen and oxygen atoms in total. The zero-order valence-corrected chi connectivity index (χ0v) is 16.2. The van der Waals surface area contributed by atoms with E-state index in [2.05, 4.69) is 41.8 Å². The molecule has 0 aromatic heterocycles. The van der Waals surface area contributed by atoms with Crippen molar-refractivity contribution in [3.8, 4) is 0 Å². The Hall–Kier alpha value is -1.55. The van der Waals surface area contributed by atoms with Crippen LogP contribution in [-0.2, 0) is 17.7 Å². The van der Waals surface area contributed by atoms with Gasteiger partial charge in [-0.05, 0) is 57.1 Å². The third-order valence-electron chi connectivity index (χ3n) is 4.83. The Morgan fingerprint density at radius 1 is 1.16 bits per heavy atom. The summed E-state index contributed by atoms with van der Waals surface area (Å²) in [6.07, 6.45) is 5.80. The van der Waals surface area contributed by atoms with Crippen molar-refractivity contribution in [2.45, 2.75) is 78.0 Å². The van der Waals surface area contributed by atoms with E-state index in [9.17, 15) is 4.79 Å². The first-order valence-corrected chi connectivity index (χ1v) is 9.65. The van der Waals surface area contributed by atoms with Crippen molar-refractivity contribution in [3.05, 3.63) is 35.4 Å². The standard InChI is InChI=1S/C21H34N2O2/c1-5-16-10-12-17(13-11-16)14-22-19(18-8-6-7-9-18)15-23-20(24)25-21(2,3)4/h10-13,18-19,22H,5-9,14-15H2,1-4H3,(H,23,24). The van der Waals surface area contributed by atoms with Gasteiger partial charge < -0.3 is 15.4 Å². The summed E-state index contributed by atoms with van der Waals surface area (Å²) in [5, 5.41) is 6.61. The molecular weight excluding hydrogens is 312 g/mol. The van der Waals surface area contributed by atoms with Gasteiger partial charge in [-0.25, -0.2) is 4.79 Å². The zero-order valence-electron chi connectivity index (χ0n) is 16.2. The van der Waals surface area contributed by atoms with E-state index in [-0.39, 0.29) is 6.09 Å². The number of benzene rings is 1. The van der Waals surface area contributed by atoms with E-state index in [0.29, 0.717) is 18.5 Å². The molecule has 2 N–H and O–H groups in total. The summed E-state index contributed by atoms with van der Waals surface area (Å²) in [4.78, 5) is 12.0. The number of ether oxygens (including phenoxy) is 1. The maximum Gasteiger partial charge on any atom is 0.407 e. The fraction of sp³-hybridized carbons (Fsp3) is 0.667. The Bertz CT molecular complexity index is 528. The van der Waals surface area contributed by atoms with Gasteiger partial charge in [0.15, 0.2) is 0 Å². The molecule has 1 aromatic rings. The molecule has 25 heavy (non-hydrogen) atoms. The quantitative estimate of drug-likeness (QED) is 0.768. The van der Waals surface area contributed by atoms with Gasteiger partial charge in [0, 0.05) is 19.1 Å². The Morgan fingerprint density at radius 2 is 1.76 bits per heavy atom. The lowest BCUT2D eigenvalue weighted by atomic mass is 9.97. The van der Waals surface area contributed by atoms with Crippen LogP contribution in [0.25, 0.3) is 0 Å². The SMILES string of the molecule is CCc1ccc(CNC(CNC(=O)OC(C)(C)C)C2CCCC2)cc1. The van der Waals surface area contributed by atoms with Crippen molar-refractivity contribution in [3.63, 3.8) is 0 Å². The Kier molecular flexibility index (Phi) is 7.30. The third-order valence-corrected chi connectivity index (χ3v) is 4.83. The number of aryl methyl sites for hydroxylation is 1. The highest BCUT2D eigenvalue weighted by atomic mass is 16.6. The van der Waals surface area contributed by atoms with Gasteiger partial charge in [-0.2, -0.15) is 0 Å². The van der Waals surface area contributed by atoms with E-state index in [0.717, 1.165) is 13.0 Å². The van der Waals surface area contributed by atoms with Crippen molar-refractivity contribution in [2.24, 2.45) is 5.92 Å². The number of amides is 1. The van der Waals surface area contributed by atoms with Crippen molar-refractivity contribution >= 4 is 6.09 Å². The number of rotatable bonds is 7. The minimum atomic E-state index is -0.457. The van der Waals surface area contributed by atoms with Crippen LogP contribution in [-0.4, -0.2) is 24.3 Å². The predicted molar refractivity (Wildman–Crippen MR) is 103 cm³/mol. The second kappa shape index (κ2) is 9.23. The highest BCUT2D eigenvalue weighted by Gasteiger charge is 2.26. The molecule has 1 atom stereocenters. The van der Waals surface area contributed by atoms with Crippen LogP contribution in [0.4, 0.5) is 4.79 Å². The first-order chi connectivity index (χ1) is 11.9. The smallest absolute Gasteiger partial charge is 0.407 e. The Morgan fingerprint density at radius 3 is 2.32 bits per heavy atom. The molecule has 1 aliphatic rings. The lowest BCUT2D eigenvalue weighted by Crippen LogP contribution is -2.45. The van der Waals surface area contributed by atoms with Gasteiger partial charge in [0.05, 0.1) is 0 Å². The van der Waals surface area contributed by atoms with Crippen molar-refractivity contribution < 1.29 is 9.53 Å². The molecule has 0 saturated heterocycles. The molecule has 1 saturated carbocycles. The second-order valence-electron chi connectivity index (χ2n) is 8.08. The van der Waals surface area contributed by atoms with Gasteiger partial charge in [-0.1, -0.05) is 44.0 Å². The molecule has 0 spiro atoms. The van der Waals surface area contributed by atoms with Crippen molar-refractivity contribution in [1.29, 1.82) is 0 Å². The average molecular weight is 347 g/mol. The number of carbonyl (C=O) groups excluding carboxylic acids is 1. The van der Waals surface area contributed by atoms with E-state index in [1.165, 1.54) is 36.8 Å². The van der Waals surface area contributed by atoms with Gasteiger partial charge in [-0.3, -0.25) is 0 Å². The van der Waals surface area contributed by atoms with Crippen LogP contribution in [0.1, 0.15) is 64.5 Å². The fourth-order valence-electron chi connectivity index (χ4n) is 3.41. The topological polar surface area (TPSA) is 50.4 Å². The zero-order chi connectivity index (χ0) is 18.3. The minimum absolute atomic E-state index is 0.292. The molecule has 1 aromatic carbocycles. The number of hydrogen-bond donors (Lipinski definition) is 2. The van der Waals surface area contributed by atoms with Gasteiger partial charge in [-0.15, -0.1) is 0 Å². The first-order valence-electron chi connectivity index (χ1n) is 9.65. The minimum Gasteiger partial charge on any atom is -0.444 e. The number of carbonyl (C=O) groups is 1. The van der Waals surface area contributed by atoms with Crippen LogP contribution >= 0.6 is 0 Å². The van der Waals surface area contributed by atoms with E-state index in [1.54, 1.807) is 0 Å². The maximum atomic E-state index is 12.0. The molecule has 0 aliphatic heterocycles. The highest BCUT2D eigenvalue weighted by Crippen LogP contribution is 2.27. The molecule has 0 heterocycles. The van der Waals surface area contributed by atoms with E-state index in [1.807, 2.05) is 20.8 Å². The molecule has 140 valence electrons. The van der Waals surface area contributed by atoms with E-state index in [4.69, 9.17) is 4.74 Å². The molecule has 1 fully saturated rings. The summed E-state index contributed by atoms with van der Waals surface area (Å²) in [5.41, 5.74) is 2.20. The predicted octanol–water partition coefficient (Wildman–Crippen LogP) is 4.42.